The Labute approximate surface area is 169 Å². The first kappa shape index (κ1) is 19.8. The molecule has 3 fully saturated rings. The molecule has 0 saturated heterocycles. The van der Waals surface area contributed by atoms with Gasteiger partial charge in [0.15, 0.2) is 0 Å². The predicted molar refractivity (Wildman–Crippen MR) is 118 cm³/mol. The first-order valence-corrected chi connectivity index (χ1v) is 12.2. The Morgan fingerprint density at radius 1 is 0.963 bits per heavy atom. The standard InChI is InChI=1S/C27H44/c1-19(2)9-8-10-20(3)23-14-15-24-22-13-12-21-11-6-7-17-26(21,4)25(22)16-18-27(23,24)5/h8,10,13,19-21,23-25H,6-7,9,11-12,14-18H2,1-5H3/t20-,21?,23-,24+,25+,26+,27-/m1/s1. The zero-order valence-corrected chi connectivity index (χ0v) is 18.8. The fourth-order valence-electron chi connectivity index (χ4n) is 8.15. The van der Waals surface area contributed by atoms with Crippen LogP contribution in [0.4, 0.5) is 0 Å². The van der Waals surface area contributed by atoms with Crippen molar-refractivity contribution in [3.63, 3.8) is 0 Å². The molecule has 4 aliphatic rings. The van der Waals surface area contributed by atoms with Gasteiger partial charge in [0, 0.05) is 0 Å². The van der Waals surface area contributed by atoms with E-state index < -0.39 is 0 Å². The lowest BCUT2D eigenvalue weighted by molar-refractivity contribution is -0.00479. The van der Waals surface area contributed by atoms with Crippen molar-refractivity contribution in [2.75, 3.05) is 0 Å². The molecule has 0 N–H and O–H groups in total. The summed E-state index contributed by atoms with van der Waals surface area (Å²) < 4.78 is 0. The highest BCUT2D eigenvalue weighted by Gasteiger charge is 2.57. The van der Waals surface area contributed by atoms with Crippen molar-refractivity contribution in [3.05, 3.63) is 23.8 Å². The number of allylic oxidation sites excluding steroid dienone is 4. The van der Waals surface area contributed by atoms with Gasteiger partial charge in [-0.3, -0.25) is 0 Å². The minimum absolute atomic E-state index is 0.557. The molecule has 4 rings (SSSR count). The SMILES string of the molecule is CC(C)CC=C[C@@H](C)[C@H]1CC[C@H]2C3=CCC4CCCC[C@]4(C)[C@H]3CC[C@]12C. The molecule has 0 aromatic carbocycles. The van der Waals surface area contributed by atoms with Gasteiger partial charge in [0.25, 0.3) is 0 Å². The quantitative estimate of drug-likeness (QED) is 0.439. The maximum atomic E-state index is 2.77. The molecule has 4 aliphatic carbocycles. The Balaban J connectivity index is 1.54. The Bertz CT molecular complexity index is 595. The first-order valence-electron chi connectivity index (χ1n) is 12.2. The van der Waals surface area contributed by atoms with Gasteiger partial charge in [0.05, 0.1) is 0 Å². The zero-order chi connectivity index (χ0) is 19.2. The van der Waals surface area contributed by atoms with Gasteiger partial charge in [-0.1, -0.05) is 71.3 Å². The van der Waals surface area contributed by atoms with Gasteiger partial charge >= 0.3 is 0 Å². The monoisotopic (exact) mass is 368 g/mol. The molecule has 7 atom stereocenters. The zero-order valence-electron chi connectivity index (χ0n) is 18.8. The van der Waals surface area contributed by atoms with Crippen molar-refractivity contribution in [3.8, 4) is 0 Å². The third kappa shape index (κ3) is 3.28. The summed E-state index contributed by atoms with van der Waals surface area (Å²) >= 11 is 0. The highest BCUT2D eigenvalue weighted by Crippen LogP contribution is 2.66. The van der Waals surface area contributed by atoms with Crippen LogP contribution in [0.25, 0.3) is 0 Å². The van der Waals surface area contributed by atoms with Crippen LogP contribution in [-0.4, -0.2) is 0 Å². The summed E-state index contributed by atoms with van der Waals surface area (Å²) in [5, 5.41) is 0. The van der Waals surface area contributed by atoms with E-state index in [2.05, 4.69) is 52.8 Å². The smallest absolute Gasteiger partial charge is 0.0143 e. The van der Waals surface area contributed by atoms with E-state index >= 15 is 0 Å². The van der Waals surface area contributed by atoms with Gasteiger partial charge in [0.2, 0.25) is 0 Å². The highest BCUT2D eigenvalue weighted by molar-refractivity contribution is 5.27. The van der Waals surface area contributed by atoms with E-state index in [-0.39, 0.29) is 0 Å². The predicted octanol–water partition coefficient (Wildman–Crippen LogP) is 8.19. The molecule has 1 unspecified atom stereocenters. The lowest BCUT2D eigenvalue weighted by Crippen LogP contribution is -2.48. The fourth-order valence-corrected chi connectivity index (χ4v) is 8.15. The molecule has 27 heavy (non-hydrogen) atoms. The van der Waals surface area contributed by atoms with Crippen LogP contribution in [0, 0.1) is 46.3 Å². The van der Waals surface area contributed by atoms with E-state index in [9.17, 15) is 0 Å². The highest BCUT2D eigenvalue weighted by atomic mass is 14.6. The maximum Gasteiger partial charge on any atom is -0.0143 e. The normalized spacial score (nSPS) is 45.3. The molecule has 0 radical (unpaired) electrons. The second kappa shape index (κ2) is 7.38. The van der Waals surface area contributed by atoms with Crippen LogP contribution in [0.5, 0.6) is 0 Å². The third-order valence-electron chi connectivity index (χ3n) is 9.75. The molecule has 0 amide bonds. The van der Waals surface area contributed by atoms with Gasteiger partial charge in [-0.25, -0.2) is 0 Å². The van der Waals surface area contributed by atoms with Crippen LogP contribution in [0.1, 0.15) is 98.8 Å². The molecule has 0 heterocycles. The van der Waals surface area contributed by atoms with E-state index in [1.165, 1.54) is 64.2 Å². The second-order valence-corrected chi connectivity index (χ2v) is 11.6. The molecular weight excluding hydrogens is 324 g/mol. The minimum Gasteiger partial charge on any atom is -0.0880 e. The molecule has 0 nitrogen and oxygen atoms in total. The van der Waals surface area contributed by atoms with E-state index in [4.69, 9.17) is 0 Å². The Morgan fingerprint density at radius 2 is 1.74 bits per heavy atom. The summed E-state index contributed by atoms with van der Waals surface area (Å²) in [6, 6.07) is 0. The van der Waals surface area contributed by atoms with Gasteiger partial charge in [0.1, 0.15) is 0 Å². The third-order valence-corrected chi connectivity index (χ3v) is 9.75. The Kier molecular flexibility index (Phi) is 5.41. The number of fused-ring (bicyclic) bond motifs is 5. The summed E-state index contributed by atoms with van der Waals surface area (Å²) in [7, 11) is 0. The van der Waals surface area contributed by atoms with Crippen molar-refractivity contribution >= 4 is 0 Å². The molecule has 0 bridgehead atoms. The van der Waals surface area contributed by atoms with Gasteiger partial charge in [-0.15, -0.1) is 0 Å². The topological polar surface area (TPSA) is 0 Å². The average molecular weight is 369 g/mol. The van der Waals surface area contributed by atoms with Crippen molar-refractivity contribution < 1.29 is 0 Å². The van der Waals surface area contributed by atoms with Crippen molar-refractivity contribution in [1.29, 1.82) is 0 Å². The van der Waals surface area contributed by atoms with Crippen molar-refractivity contribution in [2.24, 2.45) is 46.3 Å². The number of hydrogen-bond donors (Lipinski definition) is 0. The lowest BCUT2D eigenvalue weighted by atomic mass is 9.48. The molecule has 0 spiro atoms. The van der Waals surface area contributed by atoms with Crippen LogP contribution in [0.2, 0.25) is 0 Å². The van der Waals surface area contributed by atoms with Gasteiger partial charge < -0.3 is 0 Å². The second-order valence-electron chi connectivity index (χ2n) is 11.6. The molecule has 0 aromatic heterocycles. The van der Waals surface area contributed by atoms with E-state index in [0.717, 1.165) is 35.5 Å². The van der Waals surface area contributed by atoms with Crippen molar-refractivity contribution in [1.82, 2.24) is 0 Å². The van der Waals surface area contributed by atoms with Crippen LogP contribution in [-0.2, 0) is 0 Å². The minimum atomic E-state index is 0.557. The Morgan fingerprint density at radius 3 is 2.52 bits per heavy atom. The van der Waals surface area contributed by atoms with Crippen molar-refractivity contribution in [2.45, 2.75) is 98.8 Å². The fraction of sp³-hybridized carbons (Fsp3) is 0.852. The molecule has 3 saturated carbocycles. The van der Waals surface area contributed by atoms with Crippen LogP contribution in [0.15, 0.2) is 23.8 Å². The van der Waals surface area contributed by atoms with E-state index in [1.54, 1.807) is 0 Å². The van der Waals surface area contributed by atoms with Gasteiger partial charge in [-0.05, 0) is 97.7 Å². The molecule has 0 aromatic rings. The molecule has 152 valence electrons. The average Bonchev–Trinajstić information content (AvgIpc) is 2.98. The lowest BCUT2D eigenvalue weighted by Gasteiger charge is -2.57. The van der Waals surface area contributed by atoms with Crippen LogP contribution >= 0.6 is 0 Å². The summed E-state index contributed by atoms with van der Waals surface area (Å²) in [6.45, 7) is 12.5. The largest absolute Gasteiger partial charge is 0.0880 e. The summed E-state index contributed by atoms with van der Waals surface area (Å²) in [5.41, 5.74) is 3.12. The molecule has 0 heteroatoms. The van der Waals surface area contributed by atoms with Gasteiger partial charge in [-0.2, -0.15) is 0 Å². The Hall–Kier alpha value is -0.520. The summed E-state index contributed by atoms with van der Waals surface area (Å²) in [6.07, 6.45) is 22.3. The summed E-state index contributed by atoms with van der Waals surface area (Å²) in [4.78, 5) is 0. The maximum absolute atomic E-state index is 2.77. The number of rotatable bonds is 4. The van der Waals surface area contributed by atoms with Crippen LogP contribution in [0.3, 0.4) is 0 Å². The van der Waals surface area contributed by atoms with Crippen LogP contribution < -0.4 is 0 Å². The molecule has 0 aliphatic heterocycles. The van der Waals surface area contributed by atoms with E-state index in [1.807, 2.05) is 5.57 Å². The van der Waals surface area contributed by atoms with E-state index in [0.29, 0.717) is 10.8 Å². The molecular formula is C27H44. The summed E-state index contributed by atoms with van der Waals surface area (Å²) in [5.74, 6) is 5.22. The number of hydrogen-bond acceptors (Lipinski definition) is 0. The first-order chi connectivity index (χ1) is 12.9.